The number of nitrogens with two attached hydrogens (primary N) is 1. The second kappa shape index (κ2) is 5.45. The fourth-order valence-electron chi connectivity index (χ4n) is 1.87. The molecule has 0 aliphatic heterocycles. The van der Waals surface area contributed by atoms with Crippen LogP contribution >= 0.6 is 11.5 Å². The maximum Gasteiger partial charge on any atom is 0.416 e. The molecule has 0 aliphatic rings. The Hall–Kier alpha value is -1.54. The molecule has 2 N–H and O–H groups in total. The second-order valence-corrected chi connectivity index (χ2v) is 5.40. The third kappa shape index (κ3) is 2.80. The lowest BCUT2D eigenvalue weighted by Gasteiger charge is -2.17. The van der Waals surface area contributed by atoms with Crippen LogP contribution < -0.4 is 5.73 Å². The van der Waals surface area contributed by atoms with Crippen LogP contribution in [-0.4, -0.2) is 14.6 Å². The molecule has 2 heterocycles. The summed E-state index contributed by atoms with van der Waals surface area (Å²) in [6.07, 6.45) is -2.21. The summed E-state index contributed by atoms with van der Waals surface area (Å²) in [5.74, 6) is 0.0424. The molecule has 8 heteroatoms. The topological polar surface area (TPSA) is 64.7 Å². The van der Waals surface area contributed by atoms with Crippen molar-refractivity contribution in [3.63, 3.8) is 0 Å². The molecule has 0 aromatic carbocycles. The molecule has 0 bridgehead atoms. The van der Waals surface area contributed by atoms with Crippen LogP contribution in [0.5, 0.6) is 0 Å². The van der Waals surface area contributed by atoms with Crippen molar-refractivity contribution in [3.05, 3.63) is 40.2 Å². The Morgan fingerprint density at radius 2 is 2.00 bits per heavy atom. The first kappa shape index (κ1) is 14.9. The fraction of sp³-hybridized carbons (Fsp3) is 0.417. The van der Waals surface area contributed by atoms with Gasteiger partial charge >= 0.3 is 6.18 Å². The zero-order chi connectivity index (χ0) is 14.9. The first-order valence-electron chi connectivity index (χ1n) is 5.91. The number of rotatable bonds is 3. The van der Waals surface area contributed by atoms with E-state index in [9.17, 15) is 13.2 Å². The summed E-state index contributed by atoms with van der Waals surface area (Å²) in [4.78, 5) is 4.29. The van der Waals surface area contributed by atoms with Gasteiger partial charge in [0.2, 0.25) is 0 Å². The number of halogens is 3. The van der Waals surface area contributed by atoms with Gasteiger partial charge in [-0.05, 0) is 23.5 Å². The Labute approximate surface area is 118 Å². The molecular weight excluding hydrogens is 289 g/mol. The minimum Gasteiger partial charge on any atom is -0.319 e. The summed E-state index contributed by atoms with van der Waals surface area (Å²) in [7, 11) is 0. The molecule has 0 spiro atoms. The van der Waals surface area contributed by atoms with E-state index in [2.05, 4.69) is 14.6 Å². The van der Waals surface area contributed by atoms with Crippen LogP contribution in [0.1, 0.15) is 47.5 Å². The Morgan fingerprint density at radius 3 is 2.60 bits per heavy atom. The van der Waals surface area contributed by atoms with Crippen molar-refractivity contribution < 1.29 is 13.2 Å². The monoisotopic (exact) mass is 302 g/mol. The number of pyridine rings is 1. The Morgan fingerprint density at radius 1 is 1.30 bits per heavy atom. The van der Waals surface area contributed by atoms with E-state index in [1.54, 1.807) is 0 Å². The first-order chi connectivity index (χ1) is 9.32. The van der Waals surface area contributed by atoms with Crippen molar-refractivity contribution in [1.82, 2.24) is 14.6 Å². The highest BCUT2D eigenvalue weighted by Crippen LogP contribution is 2.37. The SMILES string of the molecule is CC(C)c1nnsc1C(N)c1cnccc1C(F)(F)F. The highest BCUT2D eigenvalue weighted by molar-refractivity contribution is 7.05. The van der Waals surface area contributed by atoms with Crippen molar-refractivity contribution in [3.8, 4) is 0 Å². The zero-order valence-electron chi connectivity index (χ0n) is 10.8. The standard InChI is InChI=1S/C12H13F3N4S/c1-6(2)10-11(20-19-18-10)9(16)7-5-17-4-3-8(7)12(13,14)15/h3-6,9H,16H2,1-2H3. The van der Waals surface area contributed by atoms with Crippen molar-refractivity contribution >= 4 is 11.5 Å². The maximum atomic E-state index is 13.0. The van der Waals surface area contributed by atoms with E-state index in [1.165, 1.54) is 0 Å². The number of nitrogens with zero attached hydrogens (tertiary/aromatic N) is 3. The number of aromatic nitrogens is 3. The molecule has 0 saturated carbocycles. The highest BCUT2D eigenvalue weighted by atomic mass is 32.1. The van der Waals surface area contributed by atoms with Gasteiger partial charge in [-0.3, -0.25) is 4.98 Å². The summed E-state index contributed by atoms with van der Waals surface area (Å²) in [5.41, 5.74) is 5.77. The molecule has 4 nitrogen and oxygen atoms in total. The van der Waals surface area contributed by atoms with Gasteiger partial charge < -0.3 is 5.73 Å². The molecule has 2 aromatic rings. The van der Waals surface area contributed by atoms with Gasteiger partial charge in [0.25, 0.3) is 0 Å². The van der Waals surface area contributed by atoms with Crippen LogP contribution in [0.3, 0.4) is 0 Å². The molecule has 0 amide bonds. The summed E-state index contributed by atoms with van der Waals surface area (Å²) in [6.45, 7) is 3.78. The van der Waals surface area contributed by atoms with E-state index in [0.717, 1.165) is 30.0 Å². The molecular formula is C12H13F3N4S. The van der Waals surface area contributed by atoms with Gasteiger partial charge in [0, 0.05) is 18.0 Å². The van der Waals surface area contributed by atoms with Crippen LogP contribution in [0.15, 0.2) is 18.5 Å². The molecule has 0 fully saturated rings. The van der Waals surface area contributed by atoms with Crippen molar-refractivity contribution in [1.29, 1.82) is 0 Å². The van der Waals surface area contributed by atoms with Gasteiger partial charge in [0.05, 0.1) is 22.2 Å². The Kier molecular flexibility index (Phi) is 4.05. The lowest BCUT2D eigenvalue weighted by atomic mass is 9.98. The maximum absolute atomic E-state index is 13.0. The van der Waals surface area contributed by atoms with E-state index in [0.29, 0.717) is 10.6 Å². The van der Waals surface area contributed by atoms with Crippen LogP contribution in [-0.2, 0) is 6.18 Å². The summed E-state index contributed by atoms with van der Waals surface area (Å²) < 4.78 is 42.8. The normalized spacial score (nSPS) is 13.8. The first-order valence-corrected chi connectivity index (χ1v) is 6.68. The van der Waals surface area contributed by atoms with E-state index >= 15 is 0 Å². The van der Waals surface area contributed by atoms with Crippen molar-refractivity contribution in [2.24, 2.45) is 5.73 Å². The van der Waals surface area contributed by atoms with Gasteiger partial charge in [-0.1, -0.05) is 18.3 Å². The van der Waals surface area contributed by atoms with Gasteiger partial charge in [-0.15, -0.1) is 5.10 Å². The third-order valence-electron chi connectivity index (χ3n) is 2.86. The van der Waals surface area contributed by atoms with Gasteiger partial charge in [0.1, 0.15) is 0 Å². The lowest BCUT2D eigenvalue weighted by molar-refractivity contribution is -0.138. The minimum absolute atomic E-state index is 0.0424. The predicted octanol–water partition coefficient (Wildman–Crippen LogP) is 3.12. The molecule has 0 saturated heterocycles. The Balaban J connectivity index is 2.49. The molecule has 1 unspecified atom stereocenters. The van der Waals surface area contributed by atoms with Gasteiger partial charge in [-0.25, -0.2) is 0 Å². The Bertz CT molecular complexity index is 594. The summed E-state index contributed by atoms with van der Waals surface area (Å²) in [5, 5.41) is 3.94. The number of alkyl halides is 3. The van der Waals surface area contributed by atoms with E-state index in [4.69, 9.17) is 5.73 Å². The highest BCUT2D eigenvalue weighted by Gasteiger charge is 2.35. The third-order valence-corrected chi connectivity index (χ3v) is 3.68. The fourth-order valence-corrected chi connectivity index (χ4v) is 2.70. The number of hydrogen-bond acceptors (Lipinski definition) is 5. The molecule has 0 aliphatic carbocycles. The zero-order valence-corrected chi connectivity index (χ0v) is 11.7. The smallest absolute Gasteiger partial charge is 0.319 e. The van der Waals surface area contributed by atoms with Crippen molar-refractivity contribution in [2.75, 3.05) is 0 Å². The summed E-state index contributed by atoms with van der Waals surface area (Å²) in [6, 6.07) is -0.00339. The lowest BCUT2D eigenvalue weighted by Crippen LogP contribution is -2.19. The molecule has 0 radical (unpaired) electrons. The van der Waals surface area contributed by atoms with Crippen LogP contribution in [0, 0.1) is 0 Å². The largest absolute Gasteiger partial charge is 0.416 e. The van der Waals surface area contributed by atoms with E-state index < -0.39 is 17.8 Å². The average Bonchev–Trinajstić information content (AvgIpc) is 2.86. The van der Waals surface area contributed by atoms with E-state index in [-0.39, 0.29) is 11.5 Å². The summed E-state index contributed by atoms with van der Waals surface area (Å²) >= 11 is 1.02. The van der Waals surface area contributed by atoms with Crippen LogP contribution in [0.25, 0.3) is 0 Å². The molecule has 1 atom stereocenters. The molecule has 108 valence electrons. The van der Waals surface area contributed by atoms with E-state index in [1.807, 2.05) is 13.8 Å². The van der Waals surface area contributed by atoms with Gasteiger partial charge in [0.15, 0.2) is 0 Å². The number of hydrogen-bond donors (Lipinski definition) is 1. The average molecular weight is 302 g/mol. The van der Waals surface area contributed by atoms with Crippen molar-refractivity contribution in [2.45, 2.75) is 32.0 Å². The van der Waals surface area contributed by atoms with Crippen LogP contribution in [0.4, 0.5) is 13.2 Å². The molecule has 2 rings (SSSR count). The van der Waals surface area contributed by atoms with Gasteiger partial charge in [-0.2, -0.15) is 13.2 Å². The predicted molar refractivity (Wildman–Crippen MR) is 69.3 cm³/mol. The molecule has 20 heavy (non-hydrogen) atoms. The second-order valence-electron chi connectivity index (χ2n) is 4.62. The minimum atomic E-state index is -4.47. The van der Waals surface area contributed by atoms with Crippen LogP contribution in [0.2, 0.25) is 0 Å². The molecule has 2 aromatic heterocycles. The quantitative estimate of drug-likeness (QED) is 0.946.